The molecule has 0 fully saturated rings. The van der Waals surface area contributed by atoms with Crippen LogP contribution in [0.5, 0.6) is 5.75 Å². The number of rotatable bonds is 6. The summed E-state index contributed by atoms with van der Waals surface area (Å²) in [6.07, 6.45) is 1.06. The van der Waals surface area contributed by atoms with E-state index in [0.29, 0.717) is 5.75 Å². The minimum absolute atomic E-state index is 0.186. The van der Waals surface area contributed by atoms with Crippen molar-refractivity contribution < 1.29 is 23.0 Å². The predicted octanol–water partition coefficient (Wildman–Crippen LogP) is 2.66. The molecule has 2 aromatic carbocycles. The van der Waals surface area contributed by atoms with Gasteiger partial charge in [-0.25, -0.2) is 4.79 Å². The second-order valence-electron chi connectivity index (χ2n) is 4.21. The van der Waals surface area contributed by atoms with Gasteiger partial charge >= 0.3 is 5.97 Å². The molecule has 0 radical (unpaired) electrons. The lowest BCUT2D eigenvalue weighted by Gasteiger charge is -2.08. The average molecular weight is 317 g/mol. The van der Waals surface area contributed by atoms with E-state index in [-0.39, 0.29) is 11.7 Å². The minimum atomic E-state index is -2.22. The molecule has 0 saturated carbocycles. The quantitative estimate of drug-likeness (QED) is 0.354. The minimum Gasteiger partial charge on any atom is -0.768 e. The van der Waals surface area contributed by atoms with Gasteiger partial charge in [0.15, 0.2) is 0 Å². The highest BCUT2D eigenvalue weighted by atomic mass is 32.2. The van der Waals surface area contributed by atoms with E-state index >= 15 is 0 Å². The molecular formula is C16H13O5S-. The van der Waals surface area contributed by atoms with Crippen LogP contribution in [0.2, 0.25) is 0 Å². The second kappa shape index (κ2) is 7.53. The Morgan fingerprint density at radius 3 is 2.14 bits per heavy atom. The molecule has 1 atom stereocenters. The third-order valence-corrected chi connectivity index (χ3v) is 3.48. The van der Waals surface area contributed by atoms with Crippen molar-refractivity contribution in [2.45, 2.75) is 4.90 Å². The van der Waals surface area contributed by atoms with Gasteiger partial charge in [0, 0.05) is 11.0 Å². The zero-order valence-corrected chi connectivity index (χ0v) is 12.4. The summed E-state index contributed by atoms with van der Waals surface area (Å²) < 4.78 is 31.6. The van der Waals surface area contributed by atoms with Crippen LogP contribution in [-0.2, 0) is 20.6 Å². The summed E-state index contributed by atoms with van der Waals surface area (Å²) in [4.78, 5) is 11.1. The Morgan fingerprint density at radius 1 is 1.09 bits per heavy atom. The van der Waals surface area contributed by atoms with Gasteiger partial charge in [0.25, 0.3) is 0 Å². The lowest BCUT2D eigenvalue weighted by Crippen LogP contribution is -2.07. The molecule has 22 heavy (non-hydrogen) atoms. The number of hydrogen-bond acceptors (Lipinski definition) is 5. The van der Waals surface area contributed by atoms with Gasteiger partial charge < -0.3 is 14.0 Å². The van der Waals surface area contributed by atoms with Crippen LogP contribution in [0, 0.1) is 0 Å². The number of carbonyl (C=O) groups is 1. The summed E-state index contributed by atoms with van der Waals surface area (Å²) in [5, 5.41) is 0. The van der Waals surface area contributed by atoms with Crippen molar-refractivity contribution in [1.29, 1.82) is 0 Å². The molecular weight excluding hydrogens is 304 g/mol. The van der Waals surface area contributed by atoms with Crippen molar-refractivity contribution >= 4 is 17.0 Å². The van der Waals surface area contributed by atoms with E-state index in [1.807, 2.05) is 12.1 Å². The first-order chi connectivity index (χ1) is 10.6. The lowest BCUT2D eigenvalue weighted by atomic mass is 10.1. The first-order valence-electron chi connectivity index (χ1n) is 6.32. The van der Waals surface area contributed by atoms with E-state index in [4.69, 9.17) is 9.47 Å². The van der Waals surface area contributed by atoms with E-state index in [1.165, 1.54) is 12.1 Å². The number of esters is 1. The molecule has 2 aromatic rings. The van der Waals surface area contributed by atoms with Gasteiger partial charge in [-0.15, -0.1) is 0 Å². The van der Waals surface area contributed by atoms with E-state index in [1.54, 1.807) is 24.3 Å². The van der Waals surface area contributed by atoms with Crippen molar-refractivity contribution in [2.75, 3.05) is 6.79 Å². The molecule has 0 N–H and O–H groups in total. The maximum Gasteiger partial charge on any atom is 0.333 e. The fraction of sp³-hybridized carbons (Fsp3) is 0.0625. The molecule has 0 bridgehead atoms. The standard InChI is InChI=1S/C16H14O5S/c1-2-16(17)21-11-20-14-7-3-12(4-8-14)13-5-9-15(10-6-13)22(18)19/h2-10H,1,11H2,(H,18,19)/p-1. The van der Waals surface area contributed by atoms with Crippen LogP contribution in [0.3, 0.4) is 0 Å². The molecule has 6 heteroatoms. The van der Waals surface area contributed by atoms with Gasteiger partial charge in [-0.3, -0.25) is 4.21 Å². The Kier molecular flexibility index (Phi) is 5.46. The number of hydrogen-bond donors (Lipinski definition) is 0. The monoisotopic (exact) mass is 317 g/mol. The Labute approximate surface area is 130 Å². The molecule has 0 amide bonds. The molecule has 0 heterocycles. The van der Waals surface area contributed by atoms with Gasteiger partial charge in [-0.2, -0.15) is 0 Å². The highest BCUT2D eigenvalue weighted by Gasteiger charge is 2.01. The van der Waals surface area contributed by atoms with Crippen LogP contribution in [-0.4, -0.2) is 21.5 Å². The summed E-state index contributed by atoms with van der Waals surface area (Å²) in [6.45, 7) is 3.09. The zero-order chi connectivity index (χ0) is 15.9. The maximum atomic E-state index is 10.9. The Hall–Kier alpha value is -2.44. The second-order valence-corrected chi connectivity index (χ2v) is 5.15. The molecule has 114 valence electrons. The number of benzene rings is 2. The molecule has 2 rings (SSSR count). The summed E-state index contributed by atoms with van der Waals surface area (Å²) >= 11 is -2.22. The summed E-state index contributed by atoms with van der Waals surface area (Å²) in [5.41, 5.74) is 1.80. The van der Waals surface area contributed by atoms with Crippen molar-refractivity contribution in [3.8, 4) is 16.9 Å². The zero-order valence-electron chi connectivity index (χ0n) is 11.6. The first kappa shape index (κ1) is 15.9. The fourth-order valence-corrected chi connectivity index (χ4v) is 2.07. The third-order valence-electron chi connectivity index (χ3n) is 2.83. The SMILES string of the molecule is C=CC(=O)OCOc1ccc(-c2ccc(S(=O)[O-])cc2)cc1. The maximum absolute atomic E-state index is 10.9. The largest absolute Gasteiger partial charge is 0.768 e. The van der Waals surface area contributed by atoms with Crippen molar-refractivity contribution in [2.24, 2.45) is 0 Å². The van der Waals surface area contributed by atoms with E-state index < -0.39 is 17.0 Å². The van der Waals surface area contributed by atoms with Gasteiger partial charge in [0.2, 0.25) is 6.79 Å². The van der Waals surface area contributed by atoms with Gasteiger partial charge in [0.05, 0.1) is 0 Å². The van der Waals surface area contributed by atoms with Crippen LogP contribution in [0.25, 0.3) is 11.1 Å². The Balaban J connectivity index is 2.00. The molecule has 0 aliphatic carbocycles. The number of ether oxygens (including phenoxy) is 2. The highest BCUT2D eigenvalue weighted by Crippen LogP contribution is 2.23. The molecule has 0 aromatic heterocycles. The molecule has 0 aliphatic heterocycles. The summed E-state index contributed by atoms with van der Waals surface area (Å²) in [6, 6.07) is 13.7. The molecule has 0 spiro atoms. The van der Waals surface area contributed by atoms with E-state index in [2.05, 4.69) is 6.58 Å². The van der Waals surface area contributed by atoms with Crippen molar-refractivity contribution in [3.05, 3.63) is 61.2 Å². The van der Waals surface area contributed by atoms with Gasteiger partial charge in [0.1, 0.15) is 5.75 Å². The normalized spacial score (nSPS) is 11.5. The van der Waals surface area contributed by atoms with Crippen molar-refractivity contribution in [1.82, 2.24) is 0 Å². The third kappa shape index (κ3) is 4.28. The number of carbonyl (C=O) groups excluding carboxylic acids is 1. The van der Waals surface area contributed by atoms with E-state index in [0.717, 1.165) is 17.2 Å². The lowest BCUT2D eigenvalue weighted by molar-refractivity contribution is -0.144. The van der Waals surface area contributed by atoms with Crippen molar-refractivity contribution in [3.63, 3.8) is 0 Å². The first-order valence-corrected chi connectivity index (χ1v) is 7.39. The van der Waals surface area contributed by atoms with Crippen LogP contribution in [0.4, 0.5) is 0 Å². The smallest absolute Gasteiger partial charge is 0.333 e. The van der Waals surface area contributed by atoms with Gasteiger partial charge in [-0.05, 0) is 46.5 Å². The molecule has 0 aliphatic rings. The van der Waals surface area contributed by atoms with Crippen LogP contribution >= 0.6 is 0 Å². The highest BCUT2D eigenvalue weighted by molar-refractivity contribution is 7.79. The average Bonchev–Trinajstić information content (AvgIpc) is 2.55. The molecule has 0 saturated heterocycles. The van der Waals surface area contributed by atoms with E-state index in [9.17, 15) is 13.6 Å². The summed E-state index contributed by atoms with van der Waals surface area (Å²) in [5.74, 6) is 0.00497. The van der Waals surface area contributed by atoms with Crippen LogP contribution in [0.1, 0.15) is 0 Å². The predicted molar refractivity (Wildman–Crippen MR) is 80.8 cm³/mol. The topological polar surface area (TPSA) is 75.7 Å². The van der Waals surface area contributed by atoms with Crippen LogP contribution < -0.4 is 4.74 Å². The Morgan fingerprint density at radius 2 is 1.64 bits per heavy atom. The van der Waals surface area contributed by atoms with Gasteiger partial charge in [-0.1, -0.05) is 30.8 Å². The summed E-state index contributed by atoms with van der Waals surface area (Å²) in [7, 11) is 0. The molecule has 1 unspecified atom stereocenters. The fourth-order valence-electron chi connectivity index (χ4n) is 1.72. The Bertz CT molecular complexity index is 677. The van der Waals surface area contributed by atoms with Crippen LogP contribution in [0.15, 0.2) is 66.1 Å². The molecule has 5 nitrogen and oxygen atoms in total.